The number of benzene rings is 6. The van der Waals surface area contributed by atoms with Gasteiger partial charge < -0.3 is 53.0 Å². The maximum Gasteiger partial charge on any atom is 0.354 e. The molecule has 0 atom stereocenters. The molecule has 0 bridgehead atoms. The third kappa shape index (κ3) is 27.5. The van der Waals surface area contributed by atoms with Crippen molar-refractivity contribution in [3.05, 3.63) is 241 Å². The Balaban J connectivity index is 0. The molecular formula is C68H67B3Br3F7N10O13. The number of carboxylic acid groups (broad SMARTS) is 1. The number of halogens is 10. The van der Waals surface area contributed by atoms with Crippen LogP contribution in [0.3, 0.4) is 0 Å². The zero-order valence-electron chi connectivity index (χ0n) is 56.0. The van der Waals surface area contributed by atoms with Gasteiger partial charge in [-0.2, -0.15) is 0 Å². The quantitative estimate of drug-likeness (QED) is 0.00826. The summed E-state index contributed by atoms with van der Waals surface area (Å²) in [5.41, 5.74) is 21.1. The first kappa shape index (κ1) is 93.2. The minimum Gasteiger partial charge on any atom is -0.477 e. The number of esters is 5. The third-order valence-corrected chi connectivity index (χ3v) is 15.1. The summed E-state index contributed by atoms with van der Waals surface area (Å²) in [6.07, 6.45) is 4.98. The van der Waals surface area contributed by atoms with Crippen LogP contribution < -0.4 is 0 Å². The molecule has 4 aromatic heterocycles. The summed E-state index contributed by atoms with van der Waals surface area (Å²) in [7, 11) is 17.5. The van der Waals surface area contributed by atoms with Gasteiger partial charge in [-0.25, -0.2) is 50.3 Å². The van der Waals surface area contributed by atoms with E-state index in [-0.39, 0.29) is 66.7 Å². The Morgan fingerprint density at radius 1 is 0.548 bits per heavy atom. The summed E-state index contributed by atoms with van der Waals surface area (Å²) in [5.74, 6) is -6.37. The highest BCUT2D eigenvalue weighted by Gasteiger charge is 2.18. The zero-order valence-corrected chi connectivity index (χ0v) is 59.8. The van der Waals surface area contributed by atoms with E-state index in [1.54, 1.807) is 48.5 Å². The maximum absolute atomic E-state index is 13.5. The van der Waals surface area contributed by atoms with Crippen LogP contribution in [0.1, 0.15) is 103 Å². The number of nitrogens with one attached hydrogen (secondary N) is 4. The molecule has 0 fully saturated rings. The van der Waals surface area contributed by atoms with Crippen LogP contribution in [0.2, 0.25) is 6.82 Å². The number of aromatic carboxylic acids is 1. The van der Waals surface area contributed by atoms with E-state index < -0.39 is 64.9 Å². The number of aromatic nitrogens is 4. The number of hydrogen-bond acceptors (Lipinski definition) is 14. The molecule has 36 heteroatoms. The number of carbonyl (C=O) groups is 7. The Morgan fingerprint density at radius 3 is 1.30 bits per heavy atom. The summed E-state index contributed by atoms with van der Waals surface area (Å²) in [4.78, 5) is 91.6. The van der Waals surface area contributed by atoms with Gasteiger partial charge >= 0.3 is 43.9 Å². The lowest BCUT2D eigenvalue weighted by atomic mass is 10.1. The summed E-state index contributed by atoms with van der Waals surface area (Å²) in [6, 6.07) is 26.1. The van der Waals surface area contributed by atoms with Crippen molar-refractivity contribution in [3.63, 3.8) is 0 Å². The molecule has 0 amide bonds. The summed E-state index contributed by atoms with van der Waals surface area (Å²) >= 11 is 9.55. The lowest BCUT2D eigenvalue weighted by Crippen LogP contribution is -2.02. The number of fused-ring (bicyclic) bond motifs is 4. The average Bonchev–Trinajstić information content (AvgIpc) is 1.68. The number of aryl methyl sites for hydroxylation is 2. The summed E-state index contributed by atoms with van der Waals surface area (Å²) in [6.45, 7) is 8.83. The SMILES string of the molecule is C.C.C=Cc1ccc(F)c2[nH]c(C(=O)OC)cc12.CCc1ccc(F)c2[nH]c(C(=O)O)cc12.CCc1ccc(F)c2[nH]c(C(=O)OC)cc12.COC(=O)/C(=C/c1cc(F)ccc1Br)N=[N+]=[N-].COC(=O)CN=[N+]=[N-].COC(=O)c1cc2c(Br)ccc(F)c2[nH]1.O=Cc1cc(F)ccc1Br.[2H][B].[B]C.[B]F. The van der Waals surface area contributed by atoms with E-state index in [1.807, 2.05) is 13.8 Å². The van der Waals surface area contributed by atoms with Crippen molar-refractivity contribution in [2.24, 2.45) is 10.2 Å². The molecule has 0 aliphatic heterocycles. The Kier molecular flexibility index (Phi) is 43.9. The maximum atomic E-state index is 13.5. The number of nitrogens with zero attached hydrogens (tertiary/aromatic N) is 6. The number of ether oxygens (including phenoxy) is 5. The minimum absolute atomic E-state index is 0. The largest absolute Gasteiger partial charge is 0.477 e. The van der Waals surface area contributed by atoms with Crippen LogP contribution >= 0.6 is 47.8 Å². The number of rotatable bonds is 13. The smallest absolute Gasteiger partial charge is 0.354 e. The fourth-order valence-corrected chi connectivity index (χ4v) is 9.37. The number of aldehydes is 1. The molecule has 0 aliphatic rings. The van der Waals surface area contributed by atoms with Crippen LogP contribution in [0.5, 0.6) is 0 Å². The summed E-state index contributed by atoms with van der Waals surface area (Å²) < 4.78 is 117. The molecule has 546 valence electrons. The van der Waals surface area contributed by atoms with Crippen LogP contribution in [0.15, 0.2) is 145 Å². The second-order valence-corrected chi connectivity index (χ2v) is 21.3. The van der Waals surface area contributed by atoms with Crippen LogP contribution in [-0.4, -0.2) is 135 Å². The minimum atomic E-state index is -1.08. The fraction of sp³-hybridized carbons (Fsp3) is 0.191. The van der Waals surface area contributed by atoms with Crippen molar-refractivity contribution in [2.75, 3.05) is 42.1 Å². The van der Waals surface area contributed by atoms with Gasteiger partial charge in [0.15, 0.2) is 6.29 Å². The molecule has 4 heterocycles. The number of H-pyrrole nitrogens is 4. The Labute approximate surface area is 622 Å². The van der Waals surface area contributed by atoms with E-state index in [4.69, 9.17) is 21.8 Å². The van der Waals surface area contributed by atoms with Gasteiger partial charge in [0.1, 0.15) is 69.9 Å². The molecule has 10 aromatic rings. The lowest BCUT2D eigenvalue weighted by Gasteiger charge is -2.01. The van der Waals surface area contributed by atoms with Gasteiger partial charge in [-0.05, 0) is 145 Å². The van der Waals surface area contributed by atoms with Gasteiger partial charge in [-0.1, -0.05) is 124 Å². The van der Waals surface area contributed by atoms with E-state index in [0.29, 0.717) is 53.6 Å². The van der Waals surface area contributed by atoms with Gasteiger partial charge in [0.2, 0.25) is 0 Å². The first-order valence-corrected chi connectivity index (χ1v) is 30.7. The van der Waals surface area contributed by atoms with Crippen molar-refractivity contribution in [2.45, 2.75) is 48.4 Å². The first-order valence-electron chi connectivity index (χ1n) is 28.9. The number of aromatic amines is 4. The monoisotopic (exact) mass is 1640 g/mol. The predicted molar refractivity (Wildman–Crippen MR) is 398 cm³/mol. The Bertz CT molecular complexity index is 4690. The molecule has 23 nitrogen and oxygen atoms in total. The molecule has 104 heavy (non-hydrogen) atoms. The summed E-state index contributed by atoms with van der Waals surface area (Å²) in [5, 5.41) is 17.5. The average molecular weight is 1640 g/mol. The van der Waals surface area contributed by atoms with Crippen LogP contribution in [0.4, 0.5) is 30.7 Å². The number of hydrogen-bond donors (Lipinski definition) is 5. The van der Waals surface area contributed by atoms with Gasteiger partial charge in [0.25, 0.3) is 0 Å². The number of carboxylic acids is 1. The lowest BCUT2D eigenvalue weighted by molar-refractivity contribution is -0.139. The molecular weight excluding hydrogens is 1570 g/mol. The first-order chi connectivity index (χ1) is 49.2. The molecule has 0 saturated heterocycles. The molecule has 0 unspecified atom stereocenters. The molecule has 0 saturated carbocycles. The molecule has 0 aliphatic carbocycles. The molecule has 6 aromatic carbocycles. The molecule has 0 spiro atoms. The van der Waals surface area contributed by atoms with Crippen LogP contribution in [0.25, 0.3) is 76.6 Å². The highest BCUT2D eigenvalue weighted by molar-refractivity contribution is 9.11. The van der Waals surface area contributed by atoms with Crippen LogP contribution in [-0.2, 0) is 46.1 Å². The van der Waals surface area contributed by atoms with Crippen molar-refractivity contribution in [1.82, 2.24) is 19.9 Å². The molecule has 6 radical (unpaired) electrons. The van der Waals surface area contributed by atoms with Gasteiger partial charge in [-0.3, -0.25) is 9.59 Å². The Hall–Kier alpha value is -10.8. The molecule has 5 N–H and O–H groups in total. The Morgan fingerprint density at radius 2 is 0.923 bits per heavy atom. The second-order valence-electron chi connectivity index (χ2n) is 18.8. The van der Waals surface area contributed by atoms with E-state index in [0.717, 1.165) is 46.5 Å². The van der Waals surface area contributed by atoms with Crippen molar-refractivity contribution >= 4 is 170 Å². The normalized spacial score (nSPS) is 9.67. The van der Waals surface area contributed by atoms with Crippen molar-refractivity contribution in [3.8, 4) is 0 Å². The van der Waals surface area contributed by atoms with Gasteiger partial charge in [-0.15, -0.1) is 0 Å². The standard InChI is InChI=1S/C12H12FNO2.C12H10FNO2.C11H10FNO2.C10H7BrFN3O2.C10H7BrFNO2.C7H4BrFO.C3H5N3O2.CH3B.2CH4.BF.BH/c2*1-3-7-4-5-9(13)11-8(7)6-10(14-11)12(15)16-2;1-2-6-3-4-8(12)10-7(6)5-9(13-10)11(14)15;1-17-10(16)9(14-15-13)5-6-4-7(12)2-3-8(6)11;1-15-10(14)8-4-5-6(11)2-3-7(12)9(5)13-8;8-7-2-1-6(9)3-5(7)4-10;1-8-3(7)2-5-6-4;1-2;;;1-2;/h4-6,14H,3H2,1-2H3;3-6,14H,1H2,2H3;3-5,13H,2H2,1H3,(H,14,15);2-5H,1H3;2-4,13H,1H3;1-4H;2H2,1H3;1H3;2*1H4;;1H/b;;;9-5-;;;;;;;;/i;;;;;;;;;;;1D. The van der Waals surface area contributed by atoms with Gasteiger partial charge in [0, 0.05) is 58.7 Å². The number of methoxy groups -OCH3 is 5. The van der Waals surface area contributed by atoms with Gasteiger partial charge in [0.05, 0.1) is 65.5 Å². The third-order valence-electron chi connectivity index (χ3n) is 12.9. The van der Waals surface area contributed by atoms with Crippen molar-refractivity contribution < 1.29 is 93.0 Å². The number of carbonyl (C=O) groups excluding carboxylic acids is 6. The highest BCUT2D eigenvalue weighted by Crippen LogP contribution is 2.29. The van der Waals surface area contributed by atoms with E-state index in [9.17, 15) is 59.9 Å². The second kappa shape index (κ2) is 48.9. The number of azide groups is 2. The topological polar surface area (TPSA) is 347 Å². The van der Waals surface area contributed by atoms with Crippen molar-refractivity contribution in [1.29, 1.82) is 1.34 Å². The zero-order chi connectivity index (χ0) is 78.2. The van der Waals surface area contributed by atoms with E-state index in [1.165, 1.54) is 108 Å². The van der Waals surface area contributed by atoms with E-state index in [2.05, 4.69) is 142 Å². The fourth-order valence-electron chi connectivity index (χ4n) is 8.23. The highest BCUT2D eigenvalue weighted by atomic mass is 79.9. The van der Waals surface area contributed by atoms with E-state index >= 15 is 0 Å². The predicted octanol–water partition coefficient (Wildman–Crippen LogP) is 18.0. The van der Waals surface area contributed by atoms with Crippen LogP contribution in [0, 0.1) is 34.9 Å². The molecule has 10 rings (SSSR count).